The molecular weight excluding hydrogens is 268 g/mol. The molecular formula is C16H24N2O3. The van der Waals surface area contributed by atoms with Gasteiger partial charge in [0.1, 0.15) is 11.6 Å². The van der Waals surface area contributed by atoms with Crippen LogP contribution in [-0.4, -0.2) is 28.5 Å². The largest absolute Gasteiger partial charge is 0.458 e. The van der Waals surface area contributed by atoms with Gasteiger partial charge in [0.2, 0.25) is 5.91 Å². The van der Waals surface area contributed by atoms with Gasteiger partial charge < -0.3 is 10.1 Å². The van der Waals surface area contributed by atoms with Gasteiger partial charge in [0.25, 0.3) is 0 Å². The highest BCUT2D eigenvalue weighted by atomic mass is 16.6. The summed E-state index contributed by atoms with van der Waals surface area (Å²) in [7, 11) is 0. The number of esters is 1. The number of carbonyl (C=O) groups excluding carboxylic acids is 2. The Morgan fingerprint density at radius 2 is 2.00 bits per heavy atom. The lowest BCUT2D eigenvalue weighted by molar-refractivity contribution is -0.159. The number of aromatic nitrogens is 1. The molecule has 1 atom stereocenters. The Hall–Kier alpha value is -1.91. The van der Waals surface area contributed by atoms with Crippen LogP contribution >= 0.6 is 0 Å². The highest BCUT2D eigenvalue weighted by molar-refractivity contribution is 5.85. The minimum absolute atomic E-state index is 0.0438. The molecule has 0 bridgehead atoms. The Balaban J connectivity index is 2.66. The first-order chi connectivity index (χ1) is 9.69. The van der Waals surface area contributed by atoms with Gasteiger partial charge in [-0.25, -0.2) is 4.79 Å². The topological polar surface area (TPSA) is 68.3 Å². The summed E-state index contributed by atoms with van der Waals surface area (Å²) in [5, 5.41) is 2.75. The van der Waals surface area contributed by atoms with Gasteiger partial charge in [-0.2, -0.15) is 0 Å². The van der Waals surface area contributed by atoms with Crippen molar-refractivity contribution < 1.29 is 14.3 Å². The molecule has 5 heteroatoms. The van der Waals surface area contributed by atoms with Crippen LogP contribution in [0.1, 0.15) is 40.2 Å². The molecule has 0 aliphatic heterocycles. The third kappa shape index (κ3) is 6.38. The number of amides is 1. The van der Waals surface area contributed by atoms with Crippen molar-refractivity contribution in [3.63, 3.8) is 0 Å². The molecule has 0 saturated carbocycles. The van der Waals surface area contributed by atoms with Crippen molar-refractivity contribution in [2.24, 2.45) is 5.92 Å². The van der Waals surface area contributed by atoms with Crippen LogP contribution in [0.15, 0.2) is 24.5 Å². The molecule has 1 N–H and O–H groups in total. The van der Waals surface area contributed by atoms with Crippen LogP contribution in [-0.2, 0) is 20.7 Å². The summed E-state index contributed by atoms with van der Waals surface area (Å²) < 4.78 is 5.35. The average Bonchev–Trinajstić information content (AvgIpc) is 2.34. The summed E-state index contributed by atoms with van der Waals surface area (Å²) in [6.45, 7) is 9.16. The van der Waals surface area contributed by atoms with E-state index < -0.39 is 17.6 Å². The number of hydrogen-bond acceptors (Lipinski definition) is 4. The minimum Gasteiger partial charge on any atom is -0.458 e. The molecule has 0 aromatic carbocycles. The second-order valence-corrected chi connectivity index (χ2v) is 6.36. The fourth-order valence-corrected chi connectivity index (χ4v) is 1.78. The van der Waals surface area contributed by atoms with Crippen LogP contribution in [0.2, 0.25) is 0 Å². The first-order valence-electron chi connectivity index (χ1n) is 7.10. The fraction of sp³-hybridized carbons (Fsp3) is 0.562. The SMILES string of the molecule is CC(C)[C@@H](NC(=O)Cc1cccnc1)C(=O)OC(C)(C)C. The quantitative estimate of drug-likeness (QED) is 0.844. The number of carbonyl (C=O) groups is 2. The third-order valence-corrected chi connectivity index (χ3v) is 2.73. The Kier molecular flexibility index (Phi) is 5.88. The zero-order chi connectivity index (χ0) is 16.0. The van der Waals surface area contributed by atoms with Crippen molar-refractivity contribution in [2.75, 3.05) is 0 Å². The van der Waals surface area contributed by atoms with Gasteiger partial charge in [-0.1, -0.05) is 19.9 Å². The molecule has 0 saturated heterocycles. The predicted octanol–water partition coefficient (Wildman–Crippen LogP) is 2.11. The fourth-order valence-electron chi connectivity index (χ4n) is 1.78. The van der Waals surface area contributed by atoms with Crippen LogP contribution in [0.3, 0.4) is 0 Å². The molecule has 1 heterocycles. The van der Waals surface area contributed by atoms with E-state index in [0.717, 1.165) is 5.56 Å². The molecule has 0 aliphatic carbocycles. The van der Waals surface area contributed by atoms with E-state index in [4.69, 9.17) is 4.74 Å². The molecule has 1 aromatic rings. The molecule has 1 rings (SSSR count). The van der Waals surface area contributed by atoms with Crippen LogP contribution in [0.25, 0.3) is 0 Å². The second-order valence-electron chi connectivity index (χ2n) is 6.36. The lowest BCUT2D eigenvalue weighted by Gasteiger charge is -2.26. The molecule has 5 nitrogen and oxygen atoms in total. The van der Waals surface area contributed by atoms with Crippen molar-refractivity contribution in [3.8, 4) is 0 Å². The van der Waals surface area contributed by atoms with Crippen molar-refractivity contribution in [2.45, 2.75) is 52.7 Å². The maximum Gasteiger partial charge on any atom is 0.329 e. The summed E-state index contributed by atoms with van der Waals surface area (Å²) in [5.41, 5.74) is 0.236. The second kappa shape index (κ2) is 7.20. The van der Waals surface area contributed by atoms with Gasteiger partial charge in [0, 0.05) is 12.4 Å². The van der Waals surface area contributed by atoms with Crippen molar-refractivity contribution >= 4 is 11.9 Å². The van der Waals surface area contributed by atoms with Crippen molar-refractivity contribution in [1.82, 2.24) is 10.3 Å². The Morgan fingerprint density at radius 1 is 1.33 bits per heavy atom. The summed E-state index contributed by atoms with van der Waals surface area (Å²) >= 11 is 0. The number of hydrogen-bond donors (Lipinski definition) is 1. The van der Waals surface area contributed by atoms with E-state index in [9.17, 15) is 9.59 Å². The van der Waals surface area contributed by atoms with Gasteiger partial charge in [0.15, 0.2) is 0 Å². The molecule has 21 heavy (non-hydrogen) atoms. The molecule has 1 amide bonds. The van der Waals surface area contributed by atoms with Crippen LogP contribution in [0, 0.1) is 5.92 Å². The summed E-state index contributed by atoms with van der Waals surface area (Å²) in [6, 6.07) is 2.95. The summed E-state index contributed by atoms with van der Waals surface area (Å²) in [6.07, 6.45) is 3.48. The van der Waals surface area contributed by atoms with Crippen molar-refractivity contribution in [3.05, 3.63) is 30.1 Å². The summed E-state index contributed by atoms with van der Waals surface area (Å²) in [5.74, 6) is -0.665. The highest BCUT2D eigenvalue weighted by Gasteiger charge is 2.29. The van der Waals surface area contributed by atoms with Gasteiger partial charge in [-0.3, -0.25) is 9.78 Å². The van der Waals surface area contributed by atoms with Crippen molar-refractivity contribution in [1.29, 1.82) is 0 Å². The molecule has 0 radical (unpaired) electrons. The van der Waals surface area contributed by atoms with E-state index >= 15 is 0 Å². The minimum atomic E-state index is -0.645. The highest BCUT2D eigenvalue weighted by Crippen LogP contribution is 2.12. The smallest absolute Gasteiger partial charge is 0.329 e. The normalized spacial score (nSPS) is 12.9. The Bertz CT molecular complexity index is 478. The third-order valence-electron chi connectivity index (χ3n) is 2.73. The lowest BCUT2D eigenvalue weighted by Crippen LogP contribution is -2.47. The maximum absolute atomic E-state index is 12.1. The molecule has 0 aliphatic rings. The van der Waals surface area contributed by atoms with Gasteiger partial charge in [0.05, 0.1) is 6.42 Å². The van der Waals surface area contributed by atoms with Crippen LogP contribution < -0.4 is 5.32 Å². The maximum atomic E-state index is 12.1. The van der Waals surface area contributed by atoms with E-state index in [1.165, 1.54) is 0 Å². The monoisotopic (exact) mass is 292 g/mol. The molecule has 0 unspecified atom stereocenters. The van der Waals surface area contributed by atoms with E-state index in [0.29, 0.717) is 0 Å². The average molecular weight is 292 g/mol. The van der Waals surface area contributed by atoms with Gasteiger partial charge in [-0.15, -0.1) is 0 Å². The Labute approximate surface area is 126 Å². The zero-order valence-electron chi connectivity index (χ0n) is 13.3. The van der Waals surface area contributed by atoms with E-state index in [1.54, 1.807) is 39.2 Å². The Morgan fingerprint density at radius 3 is 2.48 bits per heavy atom. The number of nitrogens with zero attached hydrogens (tertiary/aromatic N) is 1. The van der Waals surface area contributed by atoms with Crippen LogP contribution in [0.4, 0.5) is 0 Å². The standard InChI is InChI=1S/C16H24N2O3/c1-11(2)14(15(20)21-16(3,4)5)18-13(19)9-12-7-6-8-17-10-12/h6-8,10-11,14H,9H2,1-5H3,(H,18,19)/t14-/m1/s1. The van der Waals surface area contributed by atoms with Crippen LogP contribution in [0.5, 0.6) is 0 Å². The predicted molar refractivity (Wildman–Crippen MR) is 80.6 cm³/mol. The molecule has 0 fully saturated rings. The molecule has 1 aromatic heterocycles. The lowest BCUT2D eigenvalue weighted by atomic mass is 10.0. The van der Waals surface area contributed by atoms with Gasteiger partial charge in [-0.05, 0) is 38.3 Å². The first-order valence-corrected chi connectivity index (χ1v) is 7.10. The van der Waals surface area contributed by atoms with E-state index in [-0.39, 0.29) is 18.2 Å². The van der Waals surface area contributed by atoms with E-state index in [1.807, 2.05) is 19.9 Å². The number of pyridine rings is 1. The molecule has 116 valence electrons. The summed E-state index contributed by atoms with van der Waals surface area (Å²) in [4.78, 5) is 28.2. The number of nitrogens with one attached hydrogen (secondary N) is 1. The zero-order valence-corrected chi connectivity index (χ0v) is 13.3. The number of rotatable bonds is 5. The molecule has 0 spiro atoms. The van der Waals surface area contributed by atoms with E-state index in [2.05, 4.69) is 10.3 Å². The van der Waals surface area contributed by atoms with Gasteiger partial charge >= 0.3 is 5.97 Å². The number of ether oxygens (including phenoxy) is 1. The first kappa shape index (κ1) is 17.1.